The van der Waals surface area contributed by atoms with Gasteiger partial charge in [0.1, 0.15) is 5.69 Å². The highest BCUT2D eigenvalue weighted by molar-refractivity contribution is 9.10. The average Bonchev–Trinajstić information content (AvgIpc) is 2.50. The van der Waals surface area contributed by atoms with E-state index in [2.05, 4.69) is 15.9 Å². The van der Waals surface area contributed by atoms with Gasteiger partial charge < -0.3 is 16.2 Å². The molecule has 2 rings (SSSR count). The number of nitro groups is 1. The fourth-order valence-electron chi connectivity index (χ4n) is 2.82. The number of carbonyl (C=O) groups is 1. The second kappa shape index (κ2) is 7.24. The van der Waals surface area contributed by atoms with E-state index in [1.807, 2.05) is 11.8 Å². The molecule has 1 aromatic carbocycles. The van der Waals surface area contributed by atoms with Crippen molar-refractivity contribution in [2.75, 3.05) is 32.0 Å². The van der Waals surface area contributed by atoms with Gasteiger partial charge in [-0.05, 0) is 27.6 Å². The summed E-state index contributed by atoms with van der Waals surface area (Å²) in [5.41, 5.74) is 11.8. The number of nitrogens with two attached hydrogens (primary N) is 2. The lowest BCUT2D eigenvalue weighted by molar-refractivity contribution is -0.384. The summed E-state index contributed by atoms with van der Waals surface area (Å²) in [4.78, 5) is 24.5. The predicted molar refractivity (Wildman–Crippen MR) is 89.0 cm³/mol. The van der Waals surface area contributed by atoms with Crippen molar-refractivity contribution in [2.45, 2.75) is 18.9 Å². The van der Waals surface area contributed by atoms with Crippen LogP contribution in [-0.4, -0.2) is 48.1 Å². The number of amides is 1. The first-order valence-corrected chi connectivity index (χ1v) is 7.96. The maximum Gasteiger partial charge on any atom is 0.293 e. The molecule has 1 saturated heterocycles. The highest BCUT2D eigenvalue weighted by Gasteiger charge is 2.33. The van der Waals surface area contributed by atoms with Gasteiger partial charge in [0.05, 0.1) is 24.2 Å². The Morgan fingerprint density at radius 1 is 1.43 bits per heavy atom. The lowest BCUT2D eigenvalue weighted by atomic mass is 9.90. The highest BCUT2D eigenvalue weighted by atomic mass is 79.9. The van der Waals surface area contributed by atoms with Gasteiger partial charge in [-0.3, -0.25) is 19.8 Å². The molecule has 9 heteroatoms. The van der Waals surface area contributed by atoms with Gasteiger partial charge >= 0.3 is 0 Å². The second-order valence-corrected chi connectivity index (χ2v) is 6.33. The number of nitro benzene ring substituents is 1. The van der Waals surface area contributed by atoms with E-state index < -0.39 is 16.9 Å². The van der Waals surface area contributed by atoms with Crippen molar-refractivity contribution in [3.63, 3.8) is 0 Å². The van der Waals surface area contributed by atoms with Gasteiger partial charge in [-0.1, -0.05) is 6.92 Å². The van der Waals surface area contributed by atoms with Crippen molar-refractivity contribution in [1.82, 2.24) is 4.90 Å². The first kappa shape index (κ1) is 17.6. The van der Waals surface area contributed by atoms with Crippen LogP contribution in [0.2, 0.25) is 0 Å². The molecule has 1 fully saturated rings. The third-order valence-electron chi connectivity index (χ3n) is 4.06. The molecule has 4 N–H and O–H groups in total. The fourth-order valence-corrected chi connectivity index (χ4v) is 3.29. The summed E-state index contributed by atoms with van der Waals surface area (Å²) in [5.74, 6) is -0.781. The van der Waals surface area contributed by atoms with Crippen LogP contribution in [-0.2, 0) is 9.53 Å². The van der Waals surface area contributed by atoms with Crippen LogP contribution in [0.5, 0.6) is 0 Å². The normalized spacial score (nSPS) is 18.3. The van der Waals surface area contributed by atoms with Gasteiger partial charge in [-0.15, -0.1) is 0 Å². The van der Waals surface area contributed by atoms with Gasteiger partial charge in [-0.25, -0.2) is 0 Å². The fraction of sp³-hybridized carbons (Fsp3) is 0.500. The summed E-state index contributed by atoms with van der Waals surface area (Å²) in [7, 11) is 0. The molecule has 8 nitrogen and oxygen atoms in total. The van der Waals surface area contributed by atoms with Crippen molar-refractivity contribution < 1.29 is 14.5 Å². The SMILES string of the molecule is CC(c1cc(Br)c(N)c([N+](=O)[O-])c1)C(C(N)=O)N1CCOCC1. The molecule has 0 aromatic heterocycles. The summed E-state index contributed by atoms with van der Waals surface area (Å²) in [6.45, 7) is 4.07. The van der Waals surface area contributed by atoms with Crippen LogP contribution in [0.25, 0.3) is 0 Å². The predicted octanol–water partition coefficient (Wildman–Crippen LogP) is 1.23. The third-order valence-corrected chi connectivity index (χ3v) is 4.71. The Hall–Kier alpha value is -1.71. The van der Waals surface area contributed by atoms with Crippen LogP contribution >= 0.6 is 15.9 Å². The molecule has 1 aliphatic heterocycles. The topological polar surface area (TPSA) is 125 Å². The minimum Gasteiger partial charge on any atom is -0.392 e. The molecular weight excluding hydrogens is 368 g/mol. The molecular formula is C14H19BrN4O4. The van der Waals surface area contributed by atoms with Gasteiger partial charge in [0, 0.05) is 29.5 Å². The van der Waals surface area contributed by atoms with Crippen molar-refractivity contribution in [3.05, 3.63) is 32.3 Å². The van der Waals surface area contributed by atoms with Crippen LogP contribution in [0.15, 0.2) is 16.6 Å². The smallest absolute Gasteiger partial charge is 0.293 e. The third kappa shape index (κ3) is 3.80. The van der Waals surface area contributed by atoms with E-state index in [1.54, 1.807) is 6.07 Å². The number of hydrogen-bond donors (Lipinski definition) is 2. The van der Waals surface area contributed by atoms with E-state index in [9.17, 15) is 14.9 Å². The highest BCUT2D eigenvalue weighted by Crippen LogP contribution is 2.35. The number of carbonyl (C=O) groups excluding carboxylic acids is 1. The van der Waals surface area contributed by atoms with E-state index >= 15 is 0 Å². The van der Waals surface area contributed by atoms with Crippen LogP contribution < -0.4 is 11.5 Å². The molecule has 0 spiro atoms. The van der Waals surface area contributed by atoms with Crippen molar-refractivity contribution in [1.29, 1.82) is 0 Å². The van der Waals surface area contributed by atoms with E-state index in [0.29, 0.717) is 36.3 Å². The van der Waals surface area contributed by atoms with E-state index in [-0.39, 0.29) is 17.3 Å². The summed E-state index contributed by atoms with van der Waals surface area (Å²) in [6.07, 6.45) is 0. The van der Waals surface area contributed by atoms with E-state index in [0.717, 1.165) is 0 Å². The Labute approximate surface area is 142 Å². The maximum atomic E-state index is 12.0. The number of halogens is 1. The number of nitrogens with zero attached hydrogens (tertiary/aromatic N) is 2. The Morgan fingerprint density at radius 3 is 2.57 bits per heavy atom. The minimum absolute atomic E-state index is 0.0629. The monoisotopic (exact) mass is 386 g/mol. The zero-order valence-corrected chi connectivity index (χ0v) is 14.3. The molecule has 0 radical (unpaired) electrons. The first-order valence-electron chi connectivity index (χ1n) is 7.17. The van der Waals surface area contributed by atoms with Crippen LogP contribution in [0.4, 0.5) is 11.4 Å². The standard InChI is InChI=1S/C14H19BrN4O4/c1-8(13(14(17)20)18-2-4-23-5-3-18)9-6-10(15)12(16)11(7-9)19(21)22/h6-8,13H,2-5,16H2,1H3,(H2,17,20). The zero-order valence-electron chi connectivity index (χ0n) is 12.7. The van der Waals surface area contributed by atoms with Gasteiger partial charge in [0.25, 0.3) is 5.69 Å². The lowest BCUT2D eigenvalue weighted by Crippen LogP contribution is -2.52. The zero-order chi connectivity index (χ0) is 17.1. The van der Waals surface area contributed by atoms with Crippen molar-refractivity contribution >= 4 is 33.2 Å². The molecule has 2 unspecified atom stereocenters. The average molecular weight is 387 g/mol. The van der Waals surface area contributed by atoms with Crippen LogP contribution in [0.3, 0.4) is 0 Å². The Morgan fingerprint density at radius 2 is 2.04 bits per heavy atom. The number of morpholine rings is 1. The molecule has 0 aliphatic carbocycles. The number of nitrogen functional groups attached to an aromatic ring is 1. The quantitative estimate of drug-likeness (QED) is 0.445. The lowest BCUT2D eigenvalue weighted by Gasteiger charge is -2.36. The summed E-state index contributed by atoms with van der Waals surface area (Å²) < 4.78 is 5.72. The largest absolute Gasteiger partial charge is 0.392 e. The molecule has 23 heavy (non-hydrogen) atoms. The molecule has 0 bridgehead atoms. The molecule has 1 heterocycles. The first-order chi connectivity index (χ1) is 10.8. The number of anilines is 1. The number of primary amides is 1. The van der Waals surface area contributed by atoms with E-state index in [4.69, 9.17) is 16.2 Å². The summed E-state index contributed by atoms with van der Waals surface area (Å²) in [5, 5.41) is 11.1. The number of ether oxygens (including phenoxy) is 1. The molecule has 1 amide bonds. The number of benzene rings is 1. The summed E-state index contributed by atoms with van der Waals surface area (Å²) >= 11 is 3.24. The molecule has 1 aromatic rings. The Balaban J connectivity index is 2.38. The second-order valence-electron chi connectivity index (χ2n) is 5.48. The Bertz CT molecular complexity index is 619. The maximum absolute atomic E-state index is 12.0. The molecule has 0 saturated carbocycles. The number of hydrogen-bond acceptors (Lipinski definition) is 6. The summed E-state index contributed by atoms with van der Waals surface area (Å²) in [6, 6.07) is 2.54. The molecule has 126 valence electrons. The minimum atomic E-state index is -0.561. The van der Waals surface area contributed by atoms with Crippen molar-refractivity contribution in [2.24, 2.45) is 5.73 Å². The number of rotatable bonds is 5. The molecule has 1 aliphatic rings. The van der Waals surface area contributed by atoms with Crippen molar-refractivity contribution in [3.8, 4) is 0 Å². The molecule has 2 atom stereocenters. The van der Waals surface area contributed by atoms with Gasteiger partial charge in [0.2, 0.25) is 5.91 Å². The van der Waals surface area contributed by atoms with Crippen LogP contribution in [0, 0.1) is 10.1 Å². The van der Waals surface area contributed by atoms with E-state index in [1.165, 1.54) is 6.07 Å². The Kier molecular flexibility index (Phi) is 5.55. The van der Waals surface area contributed by atoms with Gasteiger partial charge in [-0.2, -0.15) is 0 Å². The van der Waals surface area contributed by atoms with Crippen LogP contribution in [0.1, 0.15) is 18.4 Å². The van der Waals surface area contributed by atoms with Gasteiger partial charge in [0.15, 0.2) is 0 Å².